The van der Waals surface area contributed by atoms with E-state index < -0.39 is 92.8 Å². The Morgan fingerprint density at radius 2 is 1.44 bits per heavy atom. The van der Waals surface area contributed by atoms with Crippen molar-refractivity contribution in [1.29, 1.82) is 0 Å². The lowest BCUT2D eigenvalue weighted by molar-refractivity contribution is -0.402. The molecule has 15 heteroatoms. The van der Waals surface area contributed by atoms with Gasteiger partial charge in [-0.3, -0.25) is 4.79 Å². The average Bonchev–Trinajstić information content (AvgIpc) is 3.79. The standard InChI is InChI=1S/C46H70O15/c1-2-3-4-5-6-7-8-9-10-11-12-13-14-15-16-19-22-25-35-27-28-36(57-35)26-23-20-17-18-21-24-33(49)29-34(50)30-38(51)58-42-40(53)41(54)45(59-44(42)56)61-46(32-48)43(55)39(52)37(31-47)60-46/h1,9-10,13-14,16,19-20,23,27-28,33-34,37,39-45,47-50,52-56H,3-8,11-12,15,17-18,21-22,24-26,29-32H2/b10-9+,14-13+,19-16+,23-20+/t33?,34?,37-,39?,40-,41?,42-,43-,44?,45-,46+/m1/s1. The van der Waals surface area contributed by atoms with Gasteiger partial charge in [0.25, 0.3) is 0 Å². The summed E-state index contributed by atoms with van der Waals surface area (Å²) in [6, 6.07) is 4.01. The zero-order chi connectivity index (χ0) is 44.5. The average molecular weight is 863 g/mol. The molecule has 5 unspecified atom stereocenters. The third-order valence-corrected chi connectivity index (χ3v) is 10.6. The fourth-order valence-corrected chi connectivity index (χ4v) is 7.05. The zero-order valence-corrected chi connectivity index (χ0v) is 35.2. The van der Waals surface area contributed by atoms with Crippen molar-refractivity contribution in [3.63, 3.8) is 0 Å². The molecule has 2 saturated heterocycles. The molecule has 0 aliphatic carbocycles. The number of aliphatic hydroxyl groups excluding tert-OH is 9. The van der Waals surface area contributed by atoms with Gasteiger partial charge in [0.15, 0.2) is 18.7 Å². The SMILES string of the molecule is C#CCCCCCC/C=C/CC/C=C/C/C=C/CCc1ccc(C/C=C/CCCCC(O)CC(O)CC(=O)O[C@H]2C(O)O[C@H](O[C@]3(CO)O[C@H](CO)C(O)[C@H]3O)C(O)[C@H]2O)o1. The summed E-state index contributed by atoms with van der Waals surface area (Å²) in [6.45, 7) is -1.81. The zero-order valence-electron chi connectivity index (χ0n) is 35.2. The molecule has 3 rings (SSSR count). The van der Waals surface area contributed by atoms with Crippen LogP contribution in [0.5, 0.6) is 0 Å². The lowest BCUT2D eigenvalue weighted by atomic mass is 10.0. The molecule has 2 aliphatic heterocycles. The Labute approximate surface area is 360 Å². The second-order valence-corrected chi connectivity index (χ2v) is 15.7. The first-order valence-electron chi connectivity index (χ1n) is 21.7. The van der Waals surface area contributed by atoms with E-state index in [0.29, 0.717) is 19.3 Å². The molecule has 0 bridgehead atoms. The first kappa shape index (κ1) is 52.1. The number of terminal acetylenes is 1. The summed E-state index contributed by atoms with van der Waals surface area (Å²) in [4.78, 5) is 12.5. The van der Waals surface area contributed by atoms with E-state index in [1.165, 1.54) is 19.3 Å². The number of carbonyl (C=O) groups is 1. The number of hydrogen-bond acceptors (Lipinski definition) is 15. The molecule has 9 N–H and O–H groups in total. The van der Waals surface area contributed by atoms with Gasteiger partial charge in [-0.2, -0.15) is 0 Å². The number of aryl methyl sites for hydroxylation is 1. The van der Waals surface area contributed by atoms with Crippen molar-refractivity contribution in [3.8, 4) is 12.3 Å². The van der Waals surface area contributed by atoms with E-state index in [9.17, 15) is 50.8 Å². The van der Waals surface area contributed by atoms with Crippen LogP contribution >= 0.6 is 0 Å². The van der Waals surface area contributed by atoms with E-state index >= 15 is 0 Å². The van der Waals surface area contributed by atoms with Crippen LogP contribution in [0.4, 0.5) is 0 Å². The fourth-order valence-electron chi connectivity index (χ4n) is 7.05. The van der Waals surface area contributed by atoms with Gasteiger partial charge < -0.3 is 69.3 Å². The number of allylic oxidation sites excluding steroid dienone is 8. The monoisotopic (exact) mass is 862 g/mol. The Morgan fingerprint density at radius 1 is 0.787 bits per heavy atom. The molecule has 1 aromatic rings. The molecule has 0 saturated carbocycles. The minimum atomic E-state index is -2.38. The molecule has 0 radical (unpaired) electrons. The number of hydrogen-bond donors (Lipinski definition) is 9. The third kappa shape index (κ3) is 18.6. The lowest BCUT2D eigenvalue weighted by Gasteiger charge is -2.43. The Kier molecular flexibility index (Phi) is 25.0. The molecule has 11 atom stereocenters. The van der Waals surface area contributed by atoms with Crippen LogP contribution in [0.15, 0.2) is 65.2 Å². The van der Waals surface area contributed by atoms with Crippen LogP contribution in [0.1, 0.15) is 114 Å². The second kappa shape index (κ2) is 29.2. The number of aliphatic hydroxyl groups is 9. The van der Waals surface area contributed by atoms with Crippen molar-refractivity contribution >= 4 is 5.97 Å². The van der Waals surface area contributed by atoms with Crippen LogP contribution in [0.2, 0.25) is 0 Å². The predicted octanol–water partition coefficient (Wildman–Crippen LogP) is 3.31. The first-order chi connectivity index (χ1) is 29.4. The molecular weight excluding hydrogens is 792 g/mol. The number of unbranched alkanes of at least 4 members (excludes halogenated alkanes) is 8. The van der Waals surface area contributed by atoms with Gasteiger partial charge in [0.05, 0.1) is 25.2 Å². The summed E-state index contributed by atoms with van der Waals surface area (Å²) in [5, 5.41) is 91.8. The molecular formula is C46H70O15. The summed E-state index contributed by atoms with van der Waals surface area (Å²) < 4.78 is 26.7. The van der Waals surface area contributed by atoms with Gasteiger partial charge in [0, 0.05) is 19.3 Å². The quantitative estimate of drug-likeness (QED) is 0.0233. The third-order valence-electron chi connectivity index (χ3n) is 10.6. The Bertz CT molecular complexity index is 1520. The molecule has 0 aromatic carbocycles. The summed E-state index contributed by atoms with van der Waals surface area (Å²) in [5.41, 5.74) is 0. The van der Waals surface area contributed by atoms with Gasteiger partial charge in [-0.25, -0.2) is 0 Å². The van der Waals surface area contributed by atoms with Crippen LogP contribution in [0.25, 0.3) is 0 Å². The van der Waals surface area contributed by atoms with Gasteiger partial charge in [0.2, 0.25) is 5.79 Å². The normalized spacial score (nSPS) is 28.1. The topological polar surface area (TPSA) is 249 Å². The second-order valence-electron chi connectivity index (χ2n) is 15.7. The van der Waals surface area contributed by atoms with E-state index in [1.807, 2.05) is 12.1 Å². The maximum atomic E-state index is 12.5. The van der Waals surface area contributed by atoms with Crippen molar-refractivity contribution in [2.24, 2.45) is 0 Å². The van der Waals surface area contributed by atoms with Crippen LogP contribution < -0.4 is 0 Å². The summed E-state index contributed by atoms with van der Waals surface area (Å²) >= 11 is 0. The minimum Gasteiger partial charge on any atom is -0.466 e. The number of furan rings is 1. The smallest absolute Gasteiger partial charge is 0.308 e. The highest BCUT2D eigenvalue weighted by atomic mass is 16.8. The maximum Gasteiger partial charge on any atom is 0.308 e. The molecule has 0 spiro atoms. The predicted molar refractivity (Wildman–Crippen MR) is 225 cm³/mol. The number of ether oxygens (including phenoxy) is 4. The van der Waals surface area contributed by atoms with Gasteiger partial charge in [-0.15, -0.1) is 12.3 Å². The van der Waals surface area contributed by atoms with E-state index in [2.05, 4.69) is 54.5 Å². The number of rotatable bonds is 30. The summed E-state index contributed by atoms with van der Waals surface area (Å²) in [7, 11) is 0. The highest BCUT2D eigenvalue weighted by Crippen LogP contribution is 2.36. The van der Waals surface area contributed by atoms with Crippen LogP contribution in [-0.4, -0.2) is 132 Å². The maximum absolute atomic E-state index is 12.5. The molecule has 61 heavy (non-hydrogen) atoms. The number of esters is 1. The summed E-state index contributed by atoms with van der Waals surface area (Å²) in [5.74, 6) is 1.11. The molecule has 1 aromatic heterocycles. The van der Waals surface area contributed by atoms with Gasteiger partial charge >= 0.3 is 5.97 Å². The lowest BCUT2D eigenvalue weighted by Crippen LogP contribution is -2.63. The highest BCUT2D eigenvalue weighted by molar-refractivity contribution is 5.70. The van der Waals surface area contributed by atoms with Crippen molar-refractivity contribution in [2.75, 3.05) is 13.2 Å². The van der Waals surface area contributed by atoms with Crippen molar-refractivity contribution in [1.82, 2.24) is 0 Å². The molecule has 0 amide bonds. The van der Waals surface area contributed by atoms with E-state index in [0.717, 1.165) is 75.7 Å². The summed E-state index contributed by atoms with van der Waals surface area (Å²) in [6.07, 6.45) is 20.2. The molecule has 2 fully saturated rings. The van der Waals surface area contributed by atoms with E-state index in [4.69, 9.17) is 29.8 Å². The highest BCUT2D eigenvalue weighted by Gasteiger charge is 2.58. The van der Waals surface area contributed by atoms with Gasteiger partial charge in [-0.05, 0) is 82.8 Å². The van der Waals surface area contributed by atoms with Crippen LogP contribution in [-0.2, 0) is 36.6 Å². The van der Waals surface area contributed by atoms with E-state index in [1.54, 1.807) is 0 Å². The van der Waals surface area contributed by atoms with Gasteiger partial charge in [0.1, 0.15) is 48.6 Å². The first-order valence-corrected chi connectivity index (χ1v) is 21.7. The van der Waals surface area contributed by atoms with E-state index in [-0.39, 0.29) is 6.42 Å². The van der Waals surface area contributed by atoms with Crippen molar-refractivity contribution in [3.05, 3.63) is 72.3 Å². The number of carbonyl (C=O) groups excluding carboxylic acids is 1. The van der Waals surface area contributed by atoms with Crippen molar-refractivity contribution in [2.45, 2.75) is 183 Å². The van der Waals surface area contributed by atoms with Gasteiger partial charge in [-0.1, -0.05) is 67.9 Å². The Balaban J connectivity index is 1.21. The van der Waals surface area contributed by atoms with Crippen LogP contribution in [0.3, 0.4) is 0 Å². The molecule has 2 aliphatic rings. The fraction of sp³-hybridized carbons (Fsp3) is 0.674. The Hall–Kier alpha value is -3.21. The Morgan fingerprint density at radius 3 is 2.15 bits per heavy atom. The molecule has 344 valence electrons. The van der Waals surface area contributed by atoms with Crippen molar-refractivity contribution < 1.29 is 74.1 Å². The molecule has 15 nitrogen and oxygen atoms in total. The van der Waals surface area contributed by atoms with Crippen LogP contribution in [0, 0.1) is 12.3 Å². The largest absolute Gasteiger partial charge is 0.466 e. The minimum absolute atomic E-state index is 0.121. The molecule has 3 heterocycles.